The van der Waals surface area contributed by atoms with Crippen molar-refractivity contribution in [3.8, 4) is 0 Å². The van der Waals surface area contributed by atoms with Gasteiger partial charge in [-0.3, -0.25) is 4.79 Å². The minimum atomic E-state index is -5.32. The number of rotatable bonds is 4. The molecular weight excluding hydrogens is 607 g/mol. The molecule has 4 rings (SSSR count). The number of carbonyl (C=O) groups is 2. The van der Waals surface area contributed by atoms with Gasteiger partial charge in [-0.1, -0.05) is 49.6 Å². The molecule has 1 amide bonds. The molecule has 0 N–H and O–H groups in total. The van der Waals surface area contributed by atoms with Crippen LogP contribution in [0.5, 0.6) is 0 Å². The summed E-state index contributed by atoms with van der Waals surface area (Å²) in [6, 6.07) is 10.2. The molecule has 0 radical (unpaired) electrons. The summed E-state index contributed by atoms with van der Waals surface area (Å²) in [5.74, 6) is -3.69. The largest absolute Gasteiger partial charge is 0.404 e. The molecule has 0 spiro atoms. The molecular formula is C29H36F7NO5S. The minimum absolute atomic E-state index is 0.0658. The summed E-state index contributed by atoms with van der Waals surface area (Å²) in [5.41, 5.74) is -0.794. The number of alkyl halides is 6. The third-order valence-electron chi connectivity index (χ3n) is 6.78. The number of ether oxygens (including phenoxy) is 1. The molecule has 0 aromatic heterocycles. The van der Waals surface area contributed by atoms with E-state index in [-0.39, 0.29) is 23.3 Å². The molecule has 1 heterocycles. The predicted octanol–water partition coefficient (Wildman–Crippen LogP) is 6.75. The van der Waals surface area contributed by atoms with Crippen molar-refractivity contribution in [3.05, 3.63) is 66.0 Å². The van der Waals surface area contributed by atoms with Gasteiger partial charge in [-0.25, -0.2) is 12.8 Å². The third-order valence-corrected chi connectivity index (χ3v) is 8.97. The lowest BCUT2D eigenvalue weighted by atomic mass is 9.88. The Morgan fingerprint density at radius 3 is 1.81 bits per heavy atom. The number of amides is 1. The SMILES string of the molecule is C=O.COC.FC(F)(F)C(c1ccccc1)C(F)(F)F.O=C(C1CCCCC1)N1CCC(S(=O)(=O)c2ccc(F)cc2)C1. The Kier molecular flexibility index (Phi) is 15.3. The summed E-state index contributed by atoms with van der Waals surface area (Å²) in [6.45, 7) is 2.76. The van der Waals surface area contributed by atoms with Crippen LogP contribution >= 0.6 is 0 Å². The Bertz CT molecular complexity index is 1190. The first-order valence-electron chi connectivity index (χ1n) is 13.3. The zero-order chi connectivity index (χ0) is 32.8. The molecule has 1 unspecified atom stereocenters. The summed E-state index contributed by atoms with van der Waals surface area (Å²) in [5, 5.41) is -0.583. The number of nitrogens with zero attached hydrogens (tertiary/aromatic N) is 1. The molecule has 0 bridgehead atoms. The van der Waals surface area contributed by atoms with Crippen molar-refractivity contribution in [2.24, 2.45) is 5.92 Å². The fraction of sp³-hybridized carbons (Fsp3) is 0.517. The highest BCUT2D eigenvalue weighted by molar-refractivity contribution is 7.92. The van der Waals surface area contributed by atoms with Crippen LogP contribution in [0.1, 0.15) is 50.0 Å². The van der Waals surface area contributed by atoms with Crippen LogP contribution in [0.2, 0.25) is 0 Å². The molecule has 1 saturated heterocycles. The zero-order valence-electron chi connectivity index (χ0n) is 23.8. The number of benzene rings is 2. The van der Waals surface area contributed by atoms with E-state index in [0.29, 0.717) is 13.0 Å². The number of likely N-dealkylation sites (tertiary alicyclic amines) is 1. The second kappa shape index (κ2) is 17.3. The Morgan fingerprint density at radius 1 is 0.860 bits per heavy atom. The fourth-order valence-electron chi connectivity index (χ4n) is 4.82. The second-order valence-electron chi connectivity index (χ2n) is 9.86. The Labute approximate surface area is 247 Å². The van der Waals surface area contributed by atoms with Crippen molar-refractivity contribution in [3.63, 3.8) is 0 Å². The average Bonchev–Trinajstić information content (AvgIpc) is 3.46. The van der Waals surface area contributed by atoms with E-state index in [2.05, 4.69) is 4.74 Å². The summed E-state index contributed by atoms with van der Waals surface area (Å²) in [7, 11) is -0.263. The van der Waals surface area contributed by atoms with Crippen molar-refractivity contribution < 1.29 is 53.5 Å². The quantitative estimate of drug-likeness (QED) is 0.272. The molecule has 242 valence electrons. The smallest absolute Gasteiger partial charge is 0.388 e. The topological polar surface area (TPSA) is 80.8 Å². The monoisotopic (exact) mass is 643 g/mol. The van der Waals surface area contributed by atoms with Gasteiger partial charge >= 0.3 is 12.4 Å². The zero-order valence-corrected chi connectivity index (χ0v) is 24.7. The van der Waals surface area contributed by atoms with Crippen molar-refractivity contribution in [2.75, 3.05) is 27.3 Å². The van der Waals surface area contributed by atoms with Gasteiger partial charge in [0.2, 0.25) is 5.91 Å². The fourth-order valence-corrected chi connectivity index (χ4v) is 6.51. The van der Waals surface area contributed by atoms with Crippen LogP contribution in [-0.2, 0) is 24.2 Å². The van der Waals surface area contributed by atoms with Gasteiger partial charge < -0.3 is 14.4 Å². The highest BCUT2D eigenvalue weighted by Crippen LogP contribution is 2.46. The number of sulfone groups is 1. The molecule has 2 aromatic rings. The number of hydrogen-bond acceptors (Lipinski definition) is 5. The van der Waals surface area contributed by atoms with Crippen LogP contribution in [0.25, 0.3) is 0 Å². The number of methoxy groups -OCH3 is 1. The average molecular weight is 644 g/mol. The van der Waals surface area contributed by atoms with E-state index in [1.54, 1.807) is 19.1 Å². The van der Waals surface area contributed by atoms with E-state index < -0.39 is 44.7 Å². The van der Waals surface area contributed by atoms with Crippen LogP contribution in [0.15, 0.2) is 59.5 Å². The van der Waals surface area contributed by atoms with E-state index in [4.69, 9.17) is 4.79 Å². The highest BCUT2D eigenvalue weighted by atomic mass is 32.2. The van der Waals surface area contributed by atoms with Gasteiger partial charge in [-0.15, -0.1) is 0 Å². The van der Waals surface area contributed by atoms with Crippen molar-refractivity contribution in [2.45, 2.75) is 66.9 Å². The minimum Gasteiger partial charge on any atom is -0.388 e. The first kappa shape index (κ1) is 38.0. The highest BCUT2D eigenvalue weighted by Gasteiger charge is 2.57. The van der Waals surface area contributed by atoms with E-state index in [9.17, 15) is 43.9 Å². The lowest BCUT2D eigenvalue weighted by Gasteiger charge is -2.26. The van der Waals surface area contributed by atoms with Crippen LogP contribution in [0.4, 0.5) is 30.7 Å². The van der Waals surface area contributed by atoms with Crippen LogP contribution in [0, 0.1) is 11.7 Å². The van der Waals surface area contributed by atoms with E-state index >= 15 is 0 Å². The summed E-state index contributed by atoms with van der Waals surface area (Å²) in [4.78, 5) is 22.4. The summed E-state index contributed by atoms with van der Waals surface area (Å²) < 4.78 is 116. The van der Waals surface area contributed by atoms with Crippen LogP contribution < -0.4 is 0 Å². The van der Waals surface area contributed by atoms with E-state index in [1.807, 2.05) is 6.79 Å². The molecule has 6 nitrogen and oxygen atoms in total. The number of carbonyl (C=O) groups excluding carboxylic acids is 2. The van der Waals surface area contributed by atoms with Gasteiger partial charge in [0.25, 0.3) is 0 Å². The molecule has 2 fully saturated rings. The van der Waals surface area contributed by atoms with Gasteiger partial charge in [0.05, 0.1) is 10.1 Å². The van der Waals surface area contributed by atoms with Crippen molar-refractivity contribution in [1.29, 1.82) is 0 Å². The normalized spacial score (nSPS) is 17.5. The molecule has 2 aromatic carbocycles. The Morgan fingerprint density at radius 2 is 1.35 bits per heavy atom. The lowest BCUT2D eigenvalue weighted by molar-refractivity contribution is -0.253. The van der Waals surface area contributed by atoms with Crippen molar-refractivity contribution in [1.82, 2.24) is 4.90 Å². The van der Waals surface area contributed by atoms with E-state index in [1.165, 1.54) is 24.6 Å². The lowest BCUT2D eigenvalue weighted by Crippen LogP contribution is -2.37. The molecule has 2 aliphatic rings. The van der Waals surface area contributed by atoms with Gasteiger partial charge in [0.1, 0.15) is 12.6 Å². The molecule has 1 aliphatic carbocycles. The predicted molar refractivity (Wildman–Crippen MR) is 146 cm³/mol. The van der Waals surface area contributed by atoms with Gasteiger partial charge in [-0.2, -0.15) is 26.3 Å². The number of halogens is 7. The van der Waals surface area contributed by atoms with E-state index in [0.717, 1.165) is 62.1 Å². The first-order chi connectivity index (χ1) is 20.1. The molecule has 43 heavy (non-hydrogen) atoms. The maximum atomic E-state index is 13.0. The number of hydrogen-bond donors (Lipinski definition) is 0. The second-order valence-corrected chi connectivity index (χ2v) is 12.1. The third kappa shape index (κ3) is 11.5. The van der Waals surface area contributed by atoms with Crippen LogP contribution in [0.3, 0.4) is 0 Å². The summed E-state index contributed by atoms with van der Waals surface area (Å²) in [6.07, 6.45) is -4.98. The first-order valence-corrected chi connectivity index (χ1v) is 14.8. The maximum absolute atomic E-state index is 13.0. The Balaban J connectivity index is 0.000000400. The molecule has 1 saturated carbocycles. The maximum Gasteiger partial charge on any atom is 0.404 e. The standard InChI is InChI=1S/C17H22FNO3S.C9H6F6.C2H6O.CH2O/c18-14-6-8-15(9-7-14)23(21,22)16-10-11-19(12-16)17(20)13-4-2-1-3-5-13;10-8(11,12)7(9(13,14)15)6-4-2-1-3-5-6;1-3-2;1-2/h6-9,13,16H,1-5,10-12H2;1-5,7H;1-2H3;1H2. The summed E-state index contributed by atoms with van der Waals surface area (Å²) >= 11 is 0. The van der Waals surface area contributed by atoms with Crippen molar-refractivity contribution >= 4 is 22.5 Å². The molecule has 1 atom stereocenters. The van der Waals surface area contributed by atoms with Gasteiger partial charge in [0.15, 0.2) is 15.8 Å². The van der Waals surface area contributed by atoms with Gasteiger partial charge in [-0.05, 0) is 49.1 Å². The molecule has 14 heteroatoms. The van der Waals surface area contributed by atoms with Gasteiger partial charge in [0, 0.05) is 33.2 Å². The Hall–Kier alpha value is -3.00. The van der Waals surface area contributed by atoms with Crippen LogP contribution in [-0.4, -0.2) is 70.9 Å². The molecule has 1 aliphatic heterocycles.